The van der Waals surface area contributed by atoms with E-state index >= 15 is 0 Å². The average molecular weight is 512 g/mol. The molecule has 12 nitrogen and oxygen atoms in total. The summed E-state index contributed by atoms with van der Waals surface area (Å²) in [4.78, 5) is 35.2. The largest absolute Gasteiger partial charge is 0.484 e. The molecule has 2 aromatic rings. The van der Waals surface area contributed by atoms with Crippen molar-refractivity contribution in [3.05, 3.63) is 46.0 Å². The summed E-state index contributed by atoms with van der Waals surface area (Å²) in [6.07, 6.45) is 3.03. The van der Waals surface area contributed by atoms with E-state index in [4.69, 9.17) is 19.5 Å². The van der Waals surface area contributed by atoms with Crippen molar-refractivity contribution in [2.24, 2.45) is 0 Å². The first kappa shape index (κ1) is 26.5. The molecule has 0 radical (unpaired) electrons. The molecule has 0 aromatic carbocycles. The van der Waals surface area contributed by atoms with Gasteiger partial charge >= 0.3 is 0 Å². The van der Waals surface area contributed by atoms with Crippen LogP contribution >= 0.6 is 0 Å². The molecular weight excluding hydrogens is 478 g/mol. The first-order valence-corrected chi connectivity index (χ1v) is 12.5. The Balaban J connectivity index is 1.23. The van der Waals surface area contributed by atoms with Gasteiger partial charge < -0.3 is 24.0 Å². The highest BCUT2D eigenvalue weighted by molar-refractivity contribution is 5.76. The van der Waals surface area contributed by atoms with Gasteiger partial charge in [-0.1, -0.05) is 0 Å². The first-order chi connectivity index (χ1) is 18.0. The highest BCUT2D eigenvalue weighted by Crippen LogP contribution is 2.16. The Kier molecular flexibility index (Phi) is 9.42. The summed E-state index contributed by atoms with van der Waals surface area (Å²) in [5.41, 5.74) is 0.705. The van der Waals surface area contributed by atoms with Crippen LogP contribution in [0, 0.1) is 18.3 Å². The zero-order valence-corrected chi connectivity index (χ0v) is 21.1. The molecule has 4 rings (SSSR count). The zero-order chi connectivity index (χ0) is 26.0. The lowest BCUT2D eigenvalue weighted by Crippen LogP contribution is -2.49. The van der Waals surface area contributed by atoms with Gasteiger partial charge in [0, 0.05) is 52.0 Å². The summed E-state index contributed by atoms with van der Waals surface area (Å²) in [5.74, 6) is 1.29. The molecule has 0 bridgehead atoms. The van der Waals surface area contributed by atoms with Crippen LogP contribution in [0.5, 0.6) is 5.75 Å². The van der Waals surface area contributed by atoms with Gasteiger partial charge in [-0.05, 0) is 19.1 Å². The number of rotatable bonds is 10. The predicted octanol–water partition coefficient (Wildman–Crippen LogP) is 0.180. The van der Waals surface area contributed by atoms with Crippen molar-refractivity contribution in [2.75, 3.05) is 77.1 Å². The fourth-order valence-electron chi connectivity index (χ4n) is 4.29. The van der Waals surface area contributed by atoms with Gasteiger partial charge in [0.2, 0.25) is 5.91 Å². The van der Waals surface area contributed by atoms with Crippen LogP contribution in [-0.4, -0.2) is 109 Å². The third-order valence-corrected chi connectivity index (χ3v) is 6.51. The molecule has 2 aliphatic heterocycles. The van der Waals surface area contributed by atoms with Gasteiger partial charge in [0.05, 0.1) is 50.2 Å². The van der Waals surface area contributed by atoms with Crippen LogP contribution in [0.4, 0.5) is 5.82 Å². The second kappa shape index (κ2) is 13.1. The summed E-state index contributed by atoms with van der Waals surface area (Å²) < 4.78 is 17.4. The van der Waals surface area contributed by atoms with Crippen LogP contribution in [0.25, 0.3) is 0 Å². The summed E-state index contributed by atoms with van der Waals surface area (Å²) in [6, 6.07) is 5.66. The lowest BCUT2D eigenvalue weighted by atomic mass is 10.2. The number of aromatic amines is 1. The number of carbonyl (C=O) groups is 1. The summed E-state index contributed by atoms with van der Waals surface area (Å²) in [7, 11) is 0. The van der Waals surface area contributed by atoms with E-state index in [9.17, 15) is 9.59 Å². The van der Waals surface area contributed by atoms with Crippen molar-refractivity contribution < 1.29 is 19.0 Å². The number of nitrogens with one attached hydrogen (secondary N) is 1. The summed E-state index contributed by atoms with van der Waals surface area (Å²) >= 11 is 0. The van der Waals surface area contributed by atoms with Crippen LogP contribution in [0.2, 0.25) is 0 Å². The van der Waals surface area contributed by atoms with Crippen LogP contribution in [-0.2, 0) is 14.3 Å². The second-order valence-corrected chi connectivity index (χ2v) is 9.05. The average Bonchev–Trinajstić information content (AvgIpc) is 2.94. The van der Waals surface area contributed by atoms with Crippen molar-refractivity contribution in [3.63, 3.8) is 0 Å². The van der Waals surface area contributed by atoms with Crippen LogP contribution in [0.15, 0.2) is 29.3 Å². The van der Waals surface area contributed by atoms with E-state index in [0.717, 1.165) is 18.9 Å². The maximum absolute atomic E-state index is 12.7. The maximum atomic E-state index is 12.7. The fraction of sp³-hybridized carbons (Fsp3) is 0.560. The Labute approximate surface area is 215 Å². The minimum Gasteiger partial charge on any atom is -0.484 e. The molecule has 2 aromatic heterocycles. The number of H-pyrrole nitrogens is 1. The Morgan fingerprint density at radius 3 is 2.68 bits per heavy atom. The van der Waals surface area contributed by atoms with Gasteiger partial charge in [-0.15, -0.1) is 0 Å². The third kappa shape index (κ3) is 7.48. The monoisotopic (exact) mass is 511 g/mol. The molecule has 0 saturated carbocycles. The minimum absolute atomic E-state index is 0.0488. The molecule has 0 unspecified atom stereocenters. The Hall–Kier alpha value is -3.53. The number of hydrogen-bond donors (Lipinski definition) is 1. The number of aromatic nitrogens is 3. The minimum atomic E-state index is -0.320. The van der Waals surface area contributed by atoms with E-state index in [2.05, 4.69) is 31.1 Å². The molecular formula is C25H33N7O5. The molecule has 2 aliphatic rings. The number of amides is 1. The van der Waals surface area contributed by atoms with E-state index in [-0.39, 0.29) is 37.2 Å². The molecule has 0 spiro atoms. The van der Waals surface area contributed by atoms with E-state index < -0.39 is 0 Å². The van der Waals surface area contributed by atoms with E-state index in [1.807, 2.05) is 11.0 Å². The Morgan fingerprint density at radius 1 is 1.19 bits per heavy atom. The SMILES string of the molecule is Cc1c(O[C@H](COCCC(=O)N2CCN(c3ccc(C#N)cn3)CC2)CN2CCOCC2)cn[nH]c1=O. The number of morpholine rings is 1. The van der Waals surface area contributed by atoms with E-state index in [0.29, 0.717) is 62.8 Å². The highest BCUT2D eigenvalue weighted by atomic mass is 16.5. The molecule has 1 atom stereocenters. The van der Waals surface area contributed by atoms with Crippen molar-refractivity contribution in [1.29, 1.82) is 5.26 Å². The van der Waals surface area contributed by atoms with Crippen LogP contribution < -0.4 is 15.2 Å². The van der Waals surface area contributed by atoms with E-state index in [1.54, 1.807) is 19.2 Å². The molecule has 1 N–H and O–H groups in total. The van der Waals surface area contributed by atoms with Gasteiger partial charge in [-0.25, -0.2) is 10.1 Å². The molecule has 12 heteroatoms. The van der Waals surface area contributed by atoms with Gasteiger partial charge in [0.25, 0.3) is 5.56 Å². The number of carbonyl (C=O) groups excluding carboxylic acids is 1. The second-order valence-electron chi connectivity index (χ2n) is 9.05. The number of nitriles is 1. The molecule has 2 fully saturated rings. The quantitative estimate of drug-likeness (QED) is 0.440. The van der Waals surface area contributed by atoms with Crippen molar-refractivity contribution in [2.45, 2.75) is 19.4 Å². The Bertz CT molecular complexity index is 1120. The number of piperazine rings is 1. The lowest BCUT2D eigenvalue weighted by Gasteiger charge is -2.35. The standard InChI is InChI=1S/C25H33N7O5/c1-19-22(16-28-29-25(19)34)37-21(17-30-9-12-35-13-10-30)18-36-11-4-24(33)32-7-5-31(6-8-32)23-3-2-20(14-26)15-27-23/h2-3,15-16,21H,4-13,17-18H2,1H3,(H,29,34)/t21-/m0/s1. The van der Waals surface area contributed by atoms with Gasteiger partial charge in [-0.2, -0.15) is 10.4 Å². The maximum Gasteiger partial charge on any atom is 0.270 e. The summed E-state index contributed by atoms with van der Waals surface area (Å²) in [6.45, 7) is 8.41. The van der Waals surface area contributed by atoms with Crippen molar-refractivity contribution in [3.8, 4) is 11.8 Å². The predicted molar refractivity (Wildman–Crippen MR) is 134 cm³/mol. The molecule has 1 amide bonds. The van der Waals surface area contributed by atoms with Crippen molar-refractivity contribution >= 4 is 11.7 Å². The zero-order valence-electron chi connectivity index (χ0n) is 21.1. The van der Waals surface area contributed by atoms with Gasteiger partial charge in [0.1, 0.15) is 23.7 Å². The summed E-state index contributed by atoms with van der Waals surface area (Å²) in [5, 5.41) is 15.2. The van der Waals surface area contributed by atoms with Crippen LogP contribution in [0.1, 0.15) is 17.5 Å². The number of nitrogens with zero attached hydrogens (tertiary/aromatic N) is 6. The van der Waals surface area contributed by atoms with E-state index in [1.165, 1.54) is 6.20 Å². The third-order valence-electron chi connectivity index (χ3n) is 6.51. The molecule has 0 aliphatic carbocycles. The molecule has 198 valence electrons. The van der Waals surface area contributed by atoms with Gasteiger partial charge in [-0.3, -0.25) is 14.5 Å². The van der Waals surface area contributed by atoms with Gasteiger partial charge in [0.15, 0.2) is 0 Å². The number of ether oxygens (including phenoxy) is 3. The number of hydrogen-bond acceptors (Lipinski definition) is 10. The normalized spacial score (nSPS) is 17.3. The molecule has 37 heavy (non-hydrogen) atoms. The molecule has 2 saturated heterocycles. The van der Waals surface area contributed by atoms with Crippen molar-refractivity contribution in [1.82, 2.24) is 25.0 Å². The first-order valence-electron chi connectivity index (χ1n) is 12.5. The highest BCUT2D eigenvalue weighted by Gasteiger charge is 2.23. The fourth-order valence-corrected chi connectivity index (χ4v) is 4.29. The lowest BCUT2D eigenvalue weighted by molar-refractivity contribution is -0.132. The topological polar surface area (TPSA) is 137 Å². The van der Waals surface area contributed by atoms with Crippen LogP contribution in [0.3, 0.4) is 0 Å². The number of anilines is 1. The number of pyridine rings is 1. The molecule has 4 heterocycles. The smallest absolute Gasteiger partial charge is 0.270 e. The Morgan fingerprint density at radius 2 is 1.97 bits per heavy atom.